The first kappa shape index (κ1) is 27.2. The van der Waals surface area contributed by atoms with Gasteiger partial charge in [-0.15, -0.1) is 0 Å². The number of carbonyl (C=O) groups excluding carboxylic acids is 1. The van der Waals surface area contributed by atoms with E-state index in [1.54, 1.807) is 7.11 Å². The minimum absolute atomic E-state index is 0.0247. The molecule has 2 fully saturated rings. The van der Waals surface area contributed by atoms with Crippen LogP contribution in [0.4, 0.5) is 0 Å². The second-order valence-corrected chi connectivity index (χ2v) is 10.8. The number of unbranched alkanes of at least 4 members (excludes halogenated alkanes) is 1. The van der Waals surface area contributed by atoms with Crippen molar-refractivity contribution < 1.29 is 14.6 Å². The summed E-state index contributed by atoms with van der Waals surface area (Å²) in [5, 5.41) is 18.6. The van der Waals surface area contributed by atoms with Crippen molar-refractivity contribution >= 4 is 5.91 Å². The molecular weight excluding hydrogens is 424 g/mol. The van der Waals surface area contributed by atoms with Gasteiger partial charge in [0.15, 0.2) is 0 Å². The number of likely N-dealkylation sites (N-methyl/N-ethyl adjacent to an activating group) is 1. The Labute approximate surface area is 207 Å². The van der Waals surface area contributed by atoms with Crippen molar-refractivity contribution in [3.63, 3.8) is 0 Å². The molecule has 2 saturated carbocycles. The van der Waals surface area contributed by atoms with Crippen LogP contribution in [0.1, 0.15) is 106 Å². The molecule has 0 heterocycles. The van der Waals surface area contributed by atoms with Gasteiger partial charge in [0.25, 0.3) is 5.91 Å². The molecule has 5 nitrogen and oxygen atoms in total. The summed E-state index contributed by atoms with van der Waals surface area (Å²) in [4.78, 5) is 13.3. The summed E-state index contributed by atoms with van der Waals surface area (Å²) in [7, 11) is 3.68. The second kappa shape index (κ2) is 14.2. The molecule has 0 radical (unpaired) electrons. The van der Waals surface area contributed by atoms with Gasteiger partial charge in [0, 0.05) is 31.9 Å². The van der Waals surface area contributed by atoms with Crippen molar-refractivity contribution in [2.75, 3.05) is 27.3 Å². The average Bonchev–Trinajstić information content (AvgIpc) is 2.88. The minimum Gasteiger partial charge on any atom is -0.385 e. The van der Waals surface area contributed by atoms with Crippen LogP contribution in [0.3, 0.4) is 0 Å². The number of ether oxygens (including phenoxy) is 1. The Balaban J connectivity index is 1.72. The highest BCUT2D eigenvalue weighted by atomic mass is 16.5. The van der Waals surface area contributed by atoms with Crippen molar-refractivity contribution in [3.05, 3.63) is 35.4 Å². The smallest absolute Gasteiger partial charge is 0.251 e. The van der Waals surface area contributed by atoms with Gasteiger partial charge in [0.2, 0.25) is 0 Å². The first-order valence-corrected chi connectivity index (χ1v) is 13.8. The van der Waals surface area contributed by atoms with Gasteiger partial charge in [-0.1, -0.05) is 63.5 Å². The maximum Gasteiger partial charge on any atom is 0.251 e. The van der Waals surface area contributed by atoms with E-state index in [9.17, 15) is 9.90 Å². The minimum atomic E-state index is -0.878. The van der Waals surface area contributed by atoms with Crippen molar-refractivity contribution in [2.24, 2.45) is 11.8 Å². The van der Waals surface area contributed by atoms with Gasteiger partial charge in [-0.05, 0) is 75.1 Å². The number of carbonyl (C=O) groups is 1. The number of hydrogen-bond acceptors (Lipinski definition) is 4. The fourth-order valence-electron chi connectivity index (χ4n) is 6.27. The third-order valence-electron chi connectivity index (χ3n) is 8.19. The molecule has 0 aliphatic heterocycles. The zero-order valence-corrected chi connectivity index (χ0v) is 21.6. The van der Waals surface area contributed by atoms with E-state index in [1.165, 1.54) is 51.4 Å². The Kier molecular flexibility index (Phi) is 11.4. The number of benzene rings is 1. The van der Waals surface area contributed by atoms with Crippen LogP contribution in [0, 0.1) is 11.8 Å². The summed E-state index contributed by atoms with van der Waals surface area (Å²) in [6.45, 7) is 1.50. The Morgan fingerprint density at radius 3 is 2.47 bits per heavy atom. The van der Waals surface area contributed by atoms with Crippen LogP contribution in [0.2, 0.25) is 0 Å². The van der Waals surface area contributed by atoms with Crippen LogP contribution in [-0.4, -0.2) is 44.4 Å². The molecule has 0 aromatic heterocycles. The molecule has 0 bridgehead atoms. The molecule has 3 rings (SSSR count). The van der Waals surface area contributed by atoms with E-state index < -0.39 is 5.60 Å². The first-order valence-electron chi connectivity index (χ1n) is 13.8. The molecule has 1 amide bonds. The lowest BCUT2D eigenvalue weighted by Gasteiger charge is -2.39. The van der Waals surface area contributed by atoms with E-state index in [-0.39, 0.29) is 17.9 Å². The van der Waals surface area contributed by atoms with Gasteiger partial charge in [0.1, 0.15) is 0 Å². The van der Waals surface area contributed by atoms with Crippen LogP contribution >= 0.6 is 0 Å². The van der Waals surface area contributed by atoms with E-state index in [0.29, 0.717) is 11.5 Å². The highest BCUT2D eigenvalue weighted by molar-refractivity contribution is 5.94. The van der Waals surface area contributed by atoms with Gasteiger partial charge in [-0.2, -0.15) is 0 Å². The summed E-state index contributed by atoms with van der Waals surface area (Å²) in [6.07, 6.45) is 15.9. The van der Waals surface area contributed by atoms with E-state index in [2.05, 4.69) is 10.6 Å². The summed E-state index contributed by atoms with van der Waals surface area (Å²) in [5.74, 6) is 0.941. The first-order chi connectivity index (χ1) is 16.6. The van der Waals surface area contributed by atoms with Crippen LogP contribution in [0.15, 0.2) is 24.3 Å². The summed E-state index contributed by atoms with van der Waals surface area (Å²) < 4.78 is 5.23. The van der Waals surface area contributed by atoms with Crippen molar-refractivity contribution in [1.29, 1.82) is 0 Å². The topological polar surface area (TPSA) is 70.6 Å². The molecule has 0 unspecified atom stereocenters. The Morgan fingerprint density at radius 2 is 1.79 bits per heavy atom. The van der Waals surface area contributed by atoms with Crippen molar-refractivity contribution in [1.82, 2.24) is 10.6 Å². The third-order valence-corrected chi connectivity index (χ3v) is 8.19. The molecular formula is C29H48N2O3. The van der Waals surface area contributed by atoms with E-state index in [4.69, 9.17) is 4.74 Å². The lowest BCUT2D eigenvalue weighted by Crippen LogP contribution is -2.43. The highest BCUT2D eigenvalue weighted by Crippen LogP contribution is 2.43. The third kappa shape index (κ3) is 7.79. The Morgan fingerprint density at radius 1 is 1.09 bits per heavy atom. The summed E-state index contributed by atoms with van der Waals surface area (Å²) in [6, 6.07) is 7.95. The fraction of sp³-hybridized carbons (Fsp3) is 0.759. The number of hydrogen-bond donors (Lipinski definition) is 3. The number of amides is 1. The van der Waals surface area contributed by atoms with Gasteiger partial charge >= 0.3 is 0 Å². The summed E-state index contributed by atoms with van der Waals surface area (Å²) in [5.41, 5.74) is 0.687. The standard InChI is InChI=1S/C29H48N2O3/c1-30-22-27(20-23-12-5-3-6-13-23)31-28(32)24-14-11-17-26(21-24)29(33,18-9-10-19-34-2)25-15-7-4-8-16-25/h11,14,17,21,23,25,27,30,33H,3-10,12-13,15-16,18-20,22H2,1-2H3,(H,31,32)/t27-,29+/m0/s1. The lowest BCUT2D eigenvalue weighted by molar-refractivity contribution is -0.0487. The molecule has 0 spiro atoms. The molecule has 34 heavy (non-hydrogen) atoms. The Bertz CT molecular complexity index is 728. The van der Waals surface area contributed by atoms with E-state index in [1.807, 2.05) is 31.3 Å². The normalized spacial score (nSPS) is 20.6. The molecule has 3 N–H and O–H groups in total. The average molecular weight is 473 g/mol. The number of aliphatic hydroxyl groups is 1. The van der Waals surface area contributed by atoms with Gasteiger partial charge < -0.3 is 20.5 Å². The molecule has 192 valence electrons. The number of rotatable bonds is 13. The van der Waals surface area contributed by atoms with Crippen LogP contribution in [0.5, 0.6) is 0 Å². The molecule has 1 aromatic rings. The molecule has 5 heteroatoms. The van der Waals surface area contributed by atoms with Crippen molar-refractivity contribution in [2.45, 2.75) is 102 Å². The van der Waals surface area contributed by atoms with Gasteiger partial charge in [0.05, 0.1) is 5.60 Å². The highest BCUT2D eigenvalue weighted by Gasteiger charge is 2.38. The van der Waals surface area contributed by atoms with Gasteiger partial charge in [-0.3, -0.25) is 4.79 Å². The molecule has 2 aliphatic carbocycles. The molecule has 1 aromatic carbocycles. The monoisotopic (exact) mass is 472 g/mol. The zero-order chi connectivity index (χ0) is 24.2. The fourth-order valence-corrected chi connectivity index (χ4v) is 6.27. The van der Waals surface area contributed by atoms with Crippen LogP contribution < -0.4 is 10.6 Å². The van der Waals surface area contributed by atoms with E-state index in [0.717, 1.165) is 57.2 Å². The van der Waals surface area contributed by atoms with Crippen LogP contribution in [0.25, 0.3) is 0 Å². The molecule has 2 aliphatic rings. The summed E-state index contributed by atoms with van der Waals surface area (Å²) >= 11 is 0. The van der Waals surface area contributed by atoms with Crippen LogP contribution in [-0.2, 0) is 10.3 Å². The molecule has 0 saturated heterocycles. The second-order valence-electron chi connectivity index (χ2n) is 10.8. The predicted octanol–water partition coefficient (Wildman–Crippen LogP) is 5.56. The lowest BCUT2D eigenvalue weighted by atomic mass is 9.71. The zero-order valence-electron chi connectivity index (χ0n) is 21.6. The maximum absolute atomic E-state index is 13.3. The number of methoxy groups -OCH3 is 1. The largest absolute Gasteiger partial charge is 0.385 e. The SMILES string of the molecule is CNC[C@H](CC1CCCCC1)NC(=O)c1cccc([C@@](O)(CCCCOC)C2CCCCC2)c1. The van der Waals surface area contributed by atoms with Gasteiger partial charge in [-0.25, -0.2) is 0 Å². The van der Waals surface area contributed by atoms with E-state index >= 15 is 0 Å². The Hall–Kier alpha value is -1.43. The maximum atomic E-state index is 13.3. The number of nitrogens with one attached hydrogen (secondary N) is 2. The quantitative estimate of drug-likeness (QED) is 0.329. The predicted molar refractivity (Wildman–Crippen MR) is 139 cm³/mol. The molecule has 2 atom stereocenters. The van der Waals surface area contributed by atoms with Crippen molar-refractivity contribution in [3.8, 4) is 0 Å².